The largest absolute Gasteiger partial charge is 0.492 e. The highest BCUT2D eigenvalue weighted by molar-refractivity contribution is 7.92. The van der Waals surface area contributed by atoms with Gasteiger partial charge in [0, 0.05) is 10.6 Å². The smallest absolute Gasteiger partial charge is 0.261 e. The lowest BCUT2D eigenvalue weighted by Gasteiger charge is -2.13. The van der Waals surface area contributed by atoms with Crippen LogP contribution in [0.3, 0.4) is 0 Å². The first-order valence-corrected chi connectivity index (χ1v) is 11.5. The molecule has 0 atom stereocenters. The number of hydrogen-bond donors (Lipinski definition) is 2. The topological polar surface area (TPSA) is 84.5 Å². The number of halogens is 1. The number of benzene rings is 3. The van der Waals surface area contributed by atoms with Crippen molar-refractivity contribution in [1.82, 2.24) is 5.32 Å². The van der Waals surface area contributed by atoms with Gasteiger partial charge in [-0.25, -0.2) is 8.42 Å². The van der Waals surface area contributed by atoms with Gasteiger partial charge in [-0.2, -0.15) is 0 Å². The van der Waals surface area contributed by atoms with E-state index in [0.29, 0.717) is 27.6 Å². The van der Waals surface area contributed by atoms with Gasteiger partial charge in [0.2, 0.25) is 0 Å². The maximum Gasteiger partial charge on any atom is 0.261 e. The molecule has 8 heteroatoms. The number of ether oxygens (including phenoxy) is 1. The summed E-state index contributed by atoms with van der Waals surface area (Å²) in [5, 5.41) is 3.38. The van der Waals surface area contributed by atoms with Crippen molar-refractivity contribution >= 4 is 33.2 Å². The Labute approximate surface area is 187 Å². The Bertz CT molecular complexity index is 1180. The highest BCUT2D eigenvalue weighted by Crippen LogP contribution is 2.22. The van der Waals surface area contributed by atoms with Crippen LogP contribution in [0.15, 0.2) is 71.6 Å². The molecule has 0 aliphatic rings. The van der Waals surface area contributed by atoms with Crippen molar-refractivity contribution in [3.05, 3.63) is 88.4 Å². The number of amides is 1. The molecule has 2 N–H and O–H groups in total. The third-order valence-corrected chi connectivity index (χ3v) is 6.39. The molecule has 0 aliphatic heterocycles. The Kier molecular flexibility index (Phi) is 7.20. The second-order valence-electron chi connectivity index (χ2n) is 6.96. The molecule has 0 aliphatic carbocycles. The van der Waals surface area contributed by atoms with Crippen LogP contribution in [0.25, 0.3) is 0 Å². The Hall–Kier alpha value is -3.03. The van der Waals surface area contributed by atoms with Crippen LogP contribution in [0.1, 0.15) is 21.5 Å². The second kappa shape index (κ2) is 9.85. The van der Waals surface area contributed by atoms with Gasteiger partial charge in [0.1, 0.15) is 12.4 Å². The normalized spacial score (nSPS) is 11.1. The van der Waals surface area contributed by atoms with E-state index in [9.17, 15) is 13.2 Å². The van der Waals surface area contributed by atoms with Crippen LogP contribution in [-0.4, -0.2) is 27.5 Å². The number of aryl methyl sites for hydroxylation is 2. The van der Waals surface area contributed by atoms with Crippen molar-refractivity contribution in [3.63, 3.8) is 0 Å². The predicted molar refractivity (Wildman–Crippen MR) is 122 cm³/mol. The van der Waals surface area contributed by atoms with Crippen molar-refractivity contribution < 1.29 is 17.9 Å². The highest BCUT2D eigenvalue weighted by atomic mass is 35.5. The van der Waals surface area contributed by atoms with E-state index in [4.69, 9.17) is 16.3 Å². The first-order valence-electron chi connectivity index (χ1n) is 9.62. The monoisotopic (exact) mass is 458 g/mol. The van der Waals surface area contributed by atoms with E-state index in [-0.39, 0.29) is 24.0 Å². The molecule has 162 valence electrons. The van der Waals surface area contributed by atoms with Crippen molar-refractivity contribution in [1.29, 1.82) is 0 Å². The van der Waals surface area contributed by atoms with Crippen LogP contribution in [0.2, 0.25) is 5.02 Å². The SMILES string of the molecule is Cc1ccc(OCCNC(=O)c2ccc(C)c(NS(=O)(=O)c3ccccc3)c2)cc1Cl. The van der Waals surface area contributed by atoms with Crippen molar-refractivity contribution in [3.8, 4) is 5.75 Å². The summed E-state index contributed by atoms with van der Waals surface area (Å²) in [5.41, 5.74) is 2.35. The molecule has 1 amide bonds. The highest BCUT2D eigenvalue weighted by Gasteiger charge is 2.16. The zero-order chi connectivity index (χ0) is 22.4. The third kappa shape index (κ3) is 5.99. The lowest BCUT2D eigenvalue weighted by molar-refractivity contribution is 0.0947. The van der Waals surface area contributed by atoms with Gasteiger partial charge in [0.15, 0.2) is 0 Å². The minimum absolute atomic E-state index is 0.151. The molecule has 0 saturated carbocycles. The number of rotatable bonds is 8. The Morgan fingerprint density at radius 3 is 2.39 bits per heavy atom. The zero-order valence-electron chi connectivity index (χ0n) is 17.2. The molecule has 31 heavy (non-hydrogen) atoms. The predicted octanol–water partition coefficient (Wildman–Crippen LogP) is 4.57. The number of carbonyl (C=O) groups is 1. The summed E-state index contributed by atoms with van der Waals surface area (Å²) >= 11 is 6.07. The van der Waals surface area contributed by atoms with Gasteiger partial charge >= 0.3 is 0 Å². The second-order valence-corrected chi connectivity index (χ2v) is 9.05. The minimum Gasteiger partial charge on any atom is -0.492 e. The van der Waals surface area contributed by atoms with Crippen LogP contribution in [0.4, 0.5) is 5.69 Å². The lowest BCUT2D eigenvalue weighted by atomic mass is 10.1. The fourth-order valence-corrected chi connectivity index (χ4v) is 4.09. The molecular weight excluding hydrogens is 436 g/mol. The van der Waals surface area contributed by atoms with E-state index < -0.39 is 10.0 Å². The van der Waals surface area contributed by atoms with Gasteiger partial charge in [-0.1, -0.05) is 41.9 Å². The van der Waals surface area contributed by atoms with Crippen LogP contribution in [0.5, 0.6) is 5.75 Å². The van der Waals surface area contributed by atoms with Gasteiger partial charge in [0.05, 0.1) is 17.1 Å². The summed E-state index contributed by atoms with van der Waals surface area (Å²) in [6.45, 7) is 4.22. The quantitative estimate of drug-likeness (QED) is 0.484. The molecule has 6 nitrogen and oxygen atoms in total. The maximum atomic E-state index is 12.6. The molecule has 0 fully saturated rings. The molecule has 0 saturated heterocycles. The van der Waals surface area contributed by atoms with Gasteiger partial charge in [-0.05, 0) is 61.4 Å². The molecule has 0 bridgehead atoms. The molecule has 0 heterocycles. The summed E-state index contributed by atoms with van der Waals surface area (Å²) in [4.78, 5) is 12.6. The number of anilines is 1. The number of sulfonamides is 1. The molecule has 0 aromatic heterocycles. The fourth-order valence-electron chi connectivity index (χ4n) is 2.78. The molecule has 0 unspecified atom stereocenters. The molecule has 0 spiro atoms. The molecule has 3 rings (SSSR count). The van der Waals surface area contributed by atoms with Gasteiger partial charge in [-0.15, -0.1) is 0 Å². The van der Waals surface area contributed by atoms with E-state index in [2.05, 4.69) is 10.0 Å². The third-order valence-electron chi connectivity index (χ3n) is 4.60. The maximum absolute atomic E-state index is 12.6. The number of nitrogens with one attached hydrogen (secondary N) is 2. The van der Waals surface area contributed by atoms with E-state index in [1.807, 2.05) is 19.1 Å². The average Bonchev–Trinajstić information content (AvgIpc) is 2.75. The van der Waals surface area contributed by atoms with E-state index in [0.717, 1.165) is 5.56 Å². The van der Waals surface area contributed by atoms with E-state index in [1.54, 1.807) is 43.3 Å². The Morgan fingerprint density at radius 2 is 1.68 bits per heavy atom. The summed E-state index contributed by atoms with van der Waals surface area (Å²) in [6, 6.07) is 18.3. The van der Waals surface area contributed by atoms with Crippen molar-refractivity contribution in [2.45, 2.75) is 18.7 Å². The van der Waals surface area contributed by atoms with Crippen LogP contribution < -0.4 is 14.8 Å². The summed E-state index contributed by atoms with van der Waals surface area (Å²) in [7, 11) is -3.75. The standard InChI is InChI=1S/C23H23ClN2O4S/c1-16-9-11-19(15-21(16)24)30-13-12-25-23(27)18-10-8-17(2)22(14-18)26-31(28,29)20-6-4-3-5-7-20/h3-11,14-15,26H,12-13H2,1-2H3,(H,25,27). The van der Waals surface area contributed by atoms with Gasteiger partial charge in [0.25, 0.3) is 15.9 Å². The van der Waals surface area contributed by atoms with Crippen molar-refractivity contribution in [2.75, 3.05) is 17.9 Å². The number of carbonyl (C=O) groups excluding carboxylic acids is 1. The molecular formula is C23H23ClN2O4S. The molecule has 0 radical (unpaired) electrons. The minimum atomic E-state index is -3.75. The lowest BCUT2D eigenvalue weighted by Crippen LogP contribution is -2.28. The molecule has 3 aromatic rings. The first kappa shape index (κ1) is 22.7. The van der Waals surface area contributed by atoms with E-state index in [1.165, 1.54) is 18.2 Å². The summed E-state index contributed by atoms with van der Waals surface area (Å²) in [5.74, 6) is 0.295. The summed E-state index contributed by atoms with van der Waals surface area (Å²) < 4.78 is 33.3. The van der Waals surface area contributed by atoms with Gasteiger partial charge in [-0.3, -0.25) is 9.52 Å². The Morgan fingerprint density at radius 1 is 0.968 bits per heavy atom. The number of hydrogen-bond acceptors (Lipinski definition) is 4. The van der Waals surface area contributed by atoms with Crippen LogP contribution >= 0.6 is 11.6 Å². The van der Waals surface area contributed by atoms with Gasteiger partial charge < -0.3 is 10.1 Å². The fraction of sp³-hybridized carbons (Fsp3) is 0.174. The van der Waals surface area contributed by atoms with Crippen LogP contribution in [-0.2, 0) is 10.0 Å². The summed E-state index contributed by atoms with van der Waals surface area (Å²) in [6.07, 6.45) is 0. The molecule has 3 aromatic carbocycles. The first-order chi connectivity index (χ1) is 14.8. The van der Waals surface area contributed by atoms with E-state index >= 15 is 0 Å². The van der Waals surface area contributed by atoms with Crippen LogP contribution in [0, 0.1) is 13.8 Å². The van der Waals surface area contributed by atoms with Crippen molar-refractivity contribution in [2.24, 2.45) is 0 Å². The zero-order valence-corrected chi connectivity index (χ0v) is 18.8. The Balaban J connectivity index is 1.61. The average molecular weight is 459 g/mol.